The first-order chi connectivity index (χ1) is 7.32. The summed E-state index contributed by atoms with van der Waals surface area (Å²) in [5, 5.41) is 0. The van der Waals surface area contributed by atoms with Gasteiger partial charge in [-0.25, -0.2) is 17.6 Å². The van der Waals surface area contributed by atoms with Gasteiger partial charge in [0.2, 0.25) is 0 Å². The lowest BCUT2D eigenvalue weighted by Gasteiger charge is -2.14. The van der Waals surface area contributed by atoms with Gasteiger partial charge >= 0.3 is 0 Å². The highest BCUT2D eigenvalue weighted by Crippen LogP contribution is 2.58. The maximum atomic E-state index is 13.4. The average Bonchev–Trinajstić information content (AvgIpc) is 2.64. The average molecular weight is 235 g/mol. The fourth-order valence-corrected chi connectivity index (χ4v) is 1.67. The molecule has 16 heavy (non-hydrogen) atoms. The summed E-state index contributed by atoms with van der Waals surface area (Å²) in [7, 11) is 1.22. The summed E-state index contributed by atoms with van der Waals surface area (Å²) in [6.07, 6.45) is -0.750. The normalized spacial score (nSPS) is 26.6. The van der Waals surface area contributed by atoms with Gasteiger partial charge in [-0.1, -0.05) is 0 Å². The fourth-order valence-electron chi connectivity index (χ4n) is 1.67. The Morgan fingerprint density at radius 1 is 1.25 bits per heavy atom. The van der Waals surface area contributed by atoms with Gasteiger partial charge < -0.3 is 10.5 Å². The molecular weight excluding hydrogens is 226 g/mol. The van der Waals surface area contributed by atoms with Gasteiger partial charge in [-0.05, 0) is 0 Å². The smallest absolute Gasteiger partial charge is 0.272 e. The highest BCUT2D eigenvalue weighted by Gasteiger charge is 2.71. The molecule has 1 aliphatic carbocycles. The first-order valence-electron chi connectivity index (χ1n) is 4.52. The molecule has 0 spiro atoms. The lowest BCUT2D eigenvalue weighted by atomic mass is 10.0. The monoisotopic (exact) mass is 235 g/mol. The molecule has 0 bridgehead atoms. The van der Waals surface area contributed by atoms with Crippen LogP contribution in [-0.4, -0.2) is 13.0 Å². The first kappa shape index (κ1) is 11.2. The van der Waals surface area contributed by atoms with Gasteiger partial charge in [0.25, 0.3) is 5.92 Å². The molecule has 1 aromatic rings. The van der Waals surface area contributed by atoms with Gasteiger partial charge in [-0.3, -0.25) is 0 Å². The molecule has 0 radical (unpaired) electrons. The van der Waals surface area contributed by atoms with E-state index in [4.69, 9.17) is 5.73 Å². The van der Waals surface area contributed by atoms with E-state index in [1.807, 2.05) is 0 Å². The Morgan fingerprint density at radius 2 is 1.69 bits per heavy atom. The number of hydrogen-bond acceptors (Lipinski definition) is 2. The number of rotatable bonds is 2. The second-order valence-electron chi connectivity index (χ2n) is 3.82. The Morgan fingerprint density at radius 3 is 2.00 bits per heavy atom. The van der Waals surface area contributed by atoms with Crippen LogP contribution in [0.3, 0.4) is 0 Å². The van der Waals surface area contributed by atoms with E-state index in [1.54, 1.807) is 0 Å². The van der Waals surface area contributed by atoms with Crippen LogP contribution in [0.2, 0.25) is 0 Å². The molecule has 2 N–H and O–H groups in total. The molecule has 1 saturated carbocycles. The number of nitrogens with two attached hydrogens (primary N) is 1. The molecule has 1 fully saturated rings. The third kappa shape index (κ3) is 1.36. The SMILES string of the molecule is COc1cc(F)c(C2(N)CC2(F)F)c(F)c1. The zero-order valence-corrected chi connectivity index (χ0v) is 8.36. The molecule has 1 aliphatic rings. The van der Waals surface area contributed by atoms with Crippen LogP contribution in [0.25, 0.3) is 0 Å². The van der Waals surface area contributed by atoms with E-state index in [0.717, 1.165) is 12.1 Å². The van der Waals surface area contributed by atoms with Crippen molar-refractivity contribution in [1.82, 2.24) is 0 Å². The van der Waals surface area contributed by atoms with Crippen LogP contribution in [0.15, 0.2) is 12.1 Å². The highest BCUT2D eigenvalue weighted by atomic mass is 19.3. The summed E-state index contributed by atoms with van der Waals surface area (Å²) in [4.78, 5) is 0. The van der Waals surface area contributed by atoms with E-state index in [2.05, 4.69) is 4.74 Å². The number of benzene rings is 1. The van der Waals surface area contributed by atoms with Crippen molar-refractivity contribution in [3.8, 4) is 5.75 Å². The first-order valence-corrected chi connectivity index (χ1v) is 4.52. The molecule has 2 rings (SSSR count). The van der Waals surface area contributed by atoms with Crippen molar-refractivity contribution in [2.75, 3.05) is 7.11 Å². The predicted octanol–water partition coefficient (Wildman–Crippen LogP) is 2.17. The standard InChI is InChI=1S/C10H9F4NO/c1-16-5-2-6(11)8(7(12)3-5)9(15)4-10(9,13)14/h2-3H,4,15H2,1H3. The predicted molar refractivity (Wildman–Crippen MR) is 48.3 cm³/mol. The summed E-state index contributed by atoms with van der Waals surface area (Å²) in [5.74, 6) is -5.57. The van der Waals surface area contributed by atoms with Crippen molar-refractivity contribution < 1.29 is 22.3 Å². The number of ether oxygens (including phenoxy) is 1. The lowest BCUT2D eigenvalue weighted by molar-refractivity contribution is 0.0870. The summed E-state index contributed by atoms with van der Waals surface area (Å²) in [6, 6.07) is 1.67. The van der Waals surface area contributed by atoms with Crippen molar-refractivity contribution >= 4 is 0 Å². The quantitative estimate of drug-likeness (QED) is 0.797. The van der Waals surface area contributed by atoms with E-state index in [9.17, 15) is 17.6 Å². The maximum Gasteiger partial charge on any atom is 0.272 e. The molecule has 0 amide bonds. The van der Waals surface area contributed by atoms with Gasteiger partial charge in [0.05, 0.1) is 7.11 Å². The molecule has 1 atom stereocenters. The van der Waals surface area contributed by atoms with Crippen LogP contribution in [0.5, 0.6) is 5.75 Å². The van der Waals surface area contributed by atoms with Crippen molar-refractivity contribution in [1.29, 1.82) is 0 Å². The molecule has 88 valence electrons. The third-order valence-electron chi connectivity index (χ3n) is 2.73. The highest BCUT2D eigenvalue weighted by molar-refractivity contribution is 5.41. The van der Waals surface area contributed by atoms with E-state index in [-0.39, 0.29) is 5.75 Å². The Labute approximate surface area is 89.0 Å². The molecule has 0 heterocycles. The zero-order valence-electron chi connectivity index (χ0n) is 8.36. The van der Waals surface area contributed by atoms with Crippen LogP contribution in [0, 0.1) is 11.6 Å². The summed E-state index contributed by atoms with van der Waals surface area (Å²) >= 11 is 0. The Kier molecular flexibility index (Phi) is 2.17. The minimum absolute atomic E-state index is 0.0775. The minimum atomic E-state index is -3.26. The van der Waals surface area contributed by atoms with Crippen LogP contribution in [0.4, 0.5) is 17.6 Å². The Hall–Kier alpha value is -1.30. The van der Waals surface area contributed by atoms with Crippen LogP contribution in [-0.2, 0) is 5.54 Å². The van der Waals surface area contributed by atoms with Gasteiger partial charge in [-0.2, -0.15) is 0 Å². The van der Waals surface area contributed by atoms with Gasteiger partial charge in [0.15, 0.2) is 0 Å². The number of hydrogen-bond donors (Lipinski definition) is 1. The van der Waals surface area contributed by atoms with Crippen molar-refractivity contribution in [2.24, 2.45) is 5.73 Å². The fraction of sp³-hybridized carbons (Fsp3) is 0.400. The number of halogens is 4. The zero-order chi connectivity index (χ0) is 12.1. The number of methoxy groups -OCH3 is 1. The van der Waals surface area contributed by atoms with Gasteiger partial charge in [0.1, 0.15) is 22.9 Å². The van der Waals surface area contributed by atoms with Crippen LogP contribution < -0.4 is 10.5 Å². The summed E-state index contributed by atoms with van der Waals surface area (Å²) in [5.41, 5.74) is 2.26. The van der Waals surface area contributed by atoms with Crippen molar-refractivity contribution in [3.05, 3.63) is 29.3 Å². The van der Waals surface area contributed by atoms with E-state index in [0.29, 0.717) is 0 Å². The maximum absolute atomic E-state index is 13.4. The summed E-state index contributed by atoms with van der Waals surface area (Å²) < 4.78 is 57.3. The molecular formula is C10H9F4NO. The Balaban J connectivity index is 2.52. The van der Waals surface area contributed by atoms with Crippen LogP contribution >= 0.6 is 0 Å². The molecule has 0 saturated heterocycles. The largest absolute Gasteiger partial charge is 0.497 e. The molecule has 1 unspecified atom stereocenters. The topological polar surface area (TPSA) is 35.2 Å². The molecule has 1 aromatic carbocycles. The second-order valence-corrected chi connectivity index (χ2v) is 3.82. The molecule has 0 aromatic heterocycles. The van der Waals surface area contributed by atoms with Crippen molar-refractivity contribution in [3.63, 3.8) is 0 Å². The second kappa shape index (κ2) is 3.10. The number of alkyl halides is 2. The third-order valence-corrected chi connectivity index (χ3v) is 2.73. The van der Waals surface area contributed by atoms with Gasteiger partial charge in [-0.15, -0.1) is 0 Å². The van der Waals surface area contributed by atoms with E-state index in [1.165, 1.54) is 7.11 Å². The lowest BCUT2D eigenvalue weighted by Crippen LogP contribution is -2.29. The molecule has 0 aliphatic heterocycles. The van der Waals surface area contributed by atoms with Gasteiger partial charge in [0, 0.05) is 24.1 Å². The van der Waals surface area contributed by atoms with Crippen LogP contribution in [0.1, 0.15) is 12.0 Å². The Bertz CT molecular complexity index is 425. The minimum Gasteiger partial charge on any atom is -0.497 e. The van der Waals surface area contributed by atoms with E-state index < -0.39 is 35.1 Å². The molecule has 2 nitrogen and oxygen atoms in total. The van der Waals surface area contributed by atoms with E-state index >= 15 is 0 Å². The molecule has 6 heteroatoms. The summed E-state index contributed by atoms with van der Waals surface area (Å²) in [6.45, 7) is 0. The van der Waals surface area contributed by atoms with Crippen molar-refractivity contribution in [2.45, 2.75) is 17.9 Å².